The third kappa shape index (κ3) is 2.79. The van der Waals surface area contributed by atoms with Crippen molar-refractivity contribution in [3.05, 3.63) is 24.2 Å². The topological polar surface area (TPSA) is 65.4 Å². The van der Waals surface area contributed by atoms with Gasteiger partial charge in [0.2, 0.25) is 0 Å². The third-order valence-corrected chi connectivity index (χ3v) is 8.38. The van der Waals surface area contributed by atoms with Gasteiger partial charge >= 0.3 is 0 Å². The number of hydrogen-bond acceptors (Lipinski definition) is 4. The first kappa shape index (κ1) is 14.0. The number of nitrogens with two attached hydrogens (primary N) is 1. The Morgan fingerprint density at radius 2 is 2.05 bits per heavy atom. The SMILES string of the molecule is CC(C)(C)[Si](C)(C)OCc1cc2c(N)ncnn2c1. The van der Waals surface area contributed by atoms with Crippen LogP contribution in [0.3, 0.4) is 0 Å². The lowest BCUT2D eigenvalue weighted by Crippen LogP contribution is -2.40. The first-order valence-corrected chi connectivity index (χ1v) is 9.33. The van der Waals surface area contributed by atoms with E-state index in [1.54, 1.807) is 4.52 Å². The largest absolute Gasteiger partial charge is 0.413 e. The second kappa shape index (κ2) is 4.61. The number of anilines is 1. The summed E-state index contributed by atoms with van der Waals surface area (Å²) in [5.74, 6) is 0.494. The Hall–Kier alpha value is -1.40. The zero-order valence-corrected chi connectivity index (χ0v) is 13.3. The third-order valence-electron chi connectivity index (χ3n) is 3.90. The van der Waals surface area contributed by atoms with E-state index in [2.05, 4.69) is 43.9 Å². The molecule has 2 aromatic rings. The second-order valence-electron chi connectivity index (χ2n) is 6.37. The minimum atomic E-state index is -1.73. The smallest absolute Gasteiger partial charge is 0.192 e. The molecular formula is C13H22N4OSi. The van der Waals surface area contributed by atoms with Crippen molar-refractivity contribution in [3.63, 3.8) is 0 Å². The molecule has 5 nitrogen and oxygen atoms in total. The van der Waals surface area contributed by atoms with E-state index in [9.17, 15) is 0 Å². The van der Waals surface area contributed by atoms with Gasteiger partial charge in [-0.2, -0.15) is 5.10 Å². The Morgan fingerprint density at radius 3 is 2.63 bits per heavy atom. The number of nitrogen functional groups attached to an aromatic ring is 1. The molecule has 0 saturated carbocycles. The van der Waals surface area contributed by atoms with E-state index in [1.165, 1.54) is 6.33 Å². The minimum absolute atomic E-state index is 0.213. The molecule has 19 heavy (non-hydrogen) atoms. The summed E-state index contributed by atoms with van der Waals surface area (Å²) in [5.41, 5.74) is 7.73. The fourth-order valence-corrected chi connectivity index (χ4v) is 2.52. The molecule has 0 saturated heterocycles. The maximum Gasteiger partial charge on any atom is 0.192 e. The van der Waals surface area contributed by atoms with Crippen molar-refractivity contribution < 1.29 is 4.43 Å². The Kier molecular flexibility index (Phi) is 3.40. The number of nitrogens with zero attached hydrogens (tertiary/aromatic N) is 3. The number of fused-ring (bicyclic) bond motifs is 1. The lowest BCUT2D eigenvalue weighted by molar-refractivity contribution is 0.276. The maximum absolute atomic E-state index is 6.19. The molecule has 0 fully saturated rings. The lowest BCUT2D eigenvalue weighted by atomic mass is 10.2. The fourth-order valence-electron chi connectivity index (χ4n) is 1.56. The molecule has 0 bridgehead atoms. The number of hydrogen-bond donors (Lipinski definition) is 1. The molecule has 2 aromatic heterocycles. The zero-order chi connectivity index (χ0) is 14.3. The van der Waals surface area contributed by atoms with Gasteiger partial charge in [-0.15, -0.1) is 0 Å². The normalized spacial score (nSPS) is 13.1. The van der Waals surface area contributed by atoms with E-state index >= 15 is 0 Å². The monoisotopic (exact) mass is 278 g/mol. The van der Waals surface area contributed by atoms with Crippen LogP contribution in [0.25, 0.3) is 5.52 Å². The highest BCUT2D eigenvalue weighted by Crippen LogP contribution is 2.37. The van der Waals surface area contributed by atoms with E-state index in [1.807, 2.05) is 12.3 Å². The Morgan fingerprint density at radius 1 is 1.37 bits per heavy atom. The van der Waals surface area contributed by atoms with Crippen molar-refractivity contribution in [3.8, 4) is 0 Å². The van der Waals surface area contributed by atoms with E-state index < -0.39 is 8.32 Å². The van der Waals surface area contributed by atoms with Gasteiger partial charge in [0.1, 0.15) is 11.8 Å². The van der Waals surface area contributed by atoms with E-state index in [0.29, 0.717) is 12.4 Å². The highest BCUT2D eigenvalue weighted by molar-refractivity contribution is 6.74. The molecule has 0 amide bonds. The van der Waals surface area contributed by atoms with Crippen LogP contribution < -0.4 is 5.73 Å². The van der Waals surface area contributed by atoms with Crippen molar-refractivity contribution in [1.29, 1.82) is 0 Å². The fraction of sp³-hybridized carbons (Fsp3) is 0.538. The predicted molar refractivity (Wildman–Crippen MR) is 79.4 cm³/mol. The second-order valence-corrected chi connectivity index (χ2v) is 11.2. The van der Waals surface area contributed by atoms with Crippen LogP contribution >= 0.6 is 0 Å². The minimum Gasteiger partial charge on any atom is -0.413 e. The molecule has 104 valence electrons. The summed E-state index contributed by atoms with van der Waals surface area (Å²) in [7, 11) is -1.73. The van der Waals surface area contributed by atoms with Crippen LogP contribution in [0.4, 0.5) is 5.82 Å². The van der Waals surface area contributed by atoms with Gasteiger partial charge in [-0.25, -0.2) is 9.50 Å². The molecule has 2 N–H and O–H groups in total. The lowest BCUT2D eigenvalue weighted by Gasteiger charge is -2.36. The molecule has 0 aromatic carbocycles. The van der Waals surface area contributed by atoms with Crippen LogP contribution in [0.15, 0.2) is 18.6 Å². The quantitative estimate of drug-likeness (QED) is 0.877. The number of rotatable bonds is 3. The molecule has 0 radical (unpaired) electrons. The van der Waals surface area contributed by atoms with Crippen LogP contribution in [-0.4, -0.2) is 22.9 Å². The van der Waals surface area contributed by atoms with Crippen LogP contribution in [0.5, 0.6) is 0 Å². The molecule has 0 atom stereocenters. The summed E-state index contributed by atoms with van der Waals surface area (Å²) in [4.78, 5) is 3.98. The molecule has 2 heterocycles. The van der Waals surface area contributed by atoms with Crippen molar-refractivity contribution in [1.82, 2.24) is 14.6 Å². The zero-order valence-electron chi connectivity index (χ0n) is 12.3. The van der Waals surface area contributed by atoms with Gasteiger partial charge in [0.05, 0.1) is 6.61 Å². The molecule has 6 heteroatoms. The molecule has 0 aliphatic rings. The predicted octanol–water partition coefficient (Wildman–Crippen LogP) is 2.83. The van der Waals surface area contributed by atoms with Gasteiger partial charge in [0.15, 0.2) is 14.1 Å². The van der Waals surface area contributed by atoms with Crippen LogP contribution in [0, 0.1) is 0 Å². The van der Waals surface area contributed by atoms with Gasteiger partial charge in [-0.05, 0) is 29.8 Å². The Balaban J connectivity index is 2.17. The Labute approximate surface area is 114 Å². The van der Waals surface area contributed by atoms with Gasteiger partial charge in [0.25, 0.3) is 0 Å². The molecule has 2 rings (SSSR count). The first-order valence-electron chi connectivity index (χ1n) is 6.42. The van der Waals surface area contributed by atoms with Gasteiger partial charge < -0.3 is 10.2 Å². The summed E-state index contributed by atoms with van der Waals surface area (Å²) >= 11 is 0. The van der Waals surface area contributed by atoms with Gasteiger partial charge in [-0.1, -0.05) is 20.8 Å². The van der Waals surface area contributed by atoms with Crippen molar-refractivity contribution >= 4 is 19.7 Å². The van der Waals surface area contributed by atoms with Crippen LogP contribution in [0.1, 0.15) is 26.3 Å². The van der Waals surface area contributed by atoms with Crippen LogP contribution in [0.2, 0.25) is 18.1 Å². The average molecular weight is 278 g/mol. The van der Waals surface area contributed by atoms with Gasteiger partial charge in [-0.3, -0.25) is 0 Å². The molecular weight excluding hydrogens is 256 g/mol. The first-order chi connectivity index (χ1) is 8.71. The van der Waals surface area contributed by atoms with Crippen LogP contribution in [-0.2, 0) is 11.0 Å². The van der Waals surface area contributed by atoms with Crippen molar-refractivity contribution in [2.45, 2.75) is 45.5 Å². The van der Waals surface area contributed by atoms with E-state index in [-0.39, 0.29) is 5.04 Å². The summed E-state index contributed by atoms with van der Waals surface area (Å²) in [5, 5.41) is 4.35. The van der Waals surface area contributed by atoms with Gasteiger partial charge in [0, 0.05) is 6.20 Å². The summed E-state index contributed by atoms with van der Waals surface area (Å²) in [6.45, 7) is 11.8. The summed E-state index contributed by atoms with van der Waals surface area (Å²) < 4.78 is 7.93. The molecule has 0 unspecified atom stereocenters. The van der Waals surface area contributed by atoms with Crippen molar-refractivity contribution in [2.24, 2.45) is 0 Å². The van der Waals surface area contributed by atoms with Crippen molar-refractivity contribution in [2.75, 3.05) is 5.73 Å². The summed E-state index contributed by atoms with van der Waals surface area (Å²) in [6.07, 6.45) is 3.40. The standard InChI is InChI=1S/C13H22N4OSi/c1-13(2,3)19(4,5)18-8-10-6-11-12(14)15-9-16-17(11)7-10/h6-7,9H,8H2,1-5H3,(H2,14,15,16). The summed E-state index contributed by atoms with van der Waals surface area (Å²) in [6, 6.07) is 1.99. The van der Waals surface area contributed by atoms with E-state index in [4.69, 9.17) is 10.2 Å². The highest BCUT2D eigenvalue weighted by atomic mass is 28.4. The van der Waals surface area contributed by atoms with E-state index in [0.717, 1.165) is 11.1 Å². The molecule has 0 spiro atoms. The molecule has 0 aliphatic carbocycles. The maximum atomic E-state index is 6.19. The number of aromatic nitrogens is 3. The molecule has 0 aliphatic heterocycles. The average Bonchev–Trinajstić information content (AvgIpc) is 2.69. The Bertz CT molecular complexity index is 586. The highest BCUT2D eigenvalue weighted by Gasteiger charge is 2.37.